The molecule has 0 aliphatic carbocycles. The molecule has 0 saturated heterocycles. The van der Waals surface area contributed by atoms with Gasteiger partial charge in [-0.15, -0.1) is 0 Å². The Labute approximate surface area is 107 Å². The summed E-state index contributed by atoms with van der Waals surface area (Å²) in [6.45, 7) is 7.30. The highest BCUT2D eigenvalue weighted by Gasteiger charge is 2.22. The maximum absolute atomic E-state index is 12.3. The second-order valence-corrected chi connectivity index (χ2v) is 6.37. The van der Waals surface area contributed by atoms with Crippen molar-refractivity contribution in [2.24, 2.45) is 0 Å². The number of rotatable bonds is 3. The summed E-state index contributed by atoms with van der Waals surface area (Å²) in [7, 11) is -9.67. The molecule has 18 heavy (non-hydrogen) atoms. The molecule has 0 bridgehead atoms. The van der Waals surface area contributed by atoms with Crippen molar-refractivity contribution in [2.75, 3.05) is 0 Å². The Morgan fingerprint density at radius 2 is 1.33 bits per heavy atom. The molecule has 0 amide bonds. The minimum Gasteiger partial charge on any atom is -0.206 e. The second kappa shape index (κ2) is 6.26. The molecule has 0 radical (unpaired) electrons. The van der Waals surface area contributed by atoms with E-state index in [0.29, 0.717) is 11.1 Å². The first-order valence-electron chi connectivity index (χ1n) is 5.17. The summed E-state index contributed by atoms with van der Waals surface area (Å²) >= 11 is 0. The summed E-state index contributed by atoms with van der Waals surface area (Å²) in [5, 5.41) is 0. The predicted molar refractivity (Wildman–Crippen MR) is 67.6 cm³/mol. The fourth-order valence-electron chi connectivity index (χ4n) is 1.27. The summed E-state index contributed by atoms with van der Waals surface area (Å²) in [5.41, 5.74) is 1.27. The molecule has 0 aliphatic heterocycles. The first-order valence-corrected chi connectivity index (χ1v) is 8.03. The average Bonchev–Trinajstić information content (AvgIpc) is 2.15. The monoisotopic (exact) mass is 297 g/mol. The van der Waals surface area contributed by atoms with E-state index in [2.05, 4.69) is 0 Å². The topological polar surface area (TPSA) is 80.3 Å². The van der Waals surface area contributed by atoms with Gasteiger partial charge in [-0.05, 0) is 37.1 Å². The lowest BCUT2D eigenvalue weighted by atomic mass is 10.2. The fraction of sp³-hybridized carbons (Fsp3) is 0.400. The largest absolute Gasteiger partial charge is 0.385 e. The van der Waals surface area contributed by atoms with Gasteiger partial charge in [-0.3, -0.25) is 0 Å². The van der Waals surface area contributed by atoms with Crippen LogP contribution in [-0.4, -0.2) is 16.8 Å². The van der Waals surface area contributed by atoms with E-state index >= 15 is 0 Å². The first-order chi connectivity index (χ1) is 8.10. The van der Waals surface area contributed by atoms with E-state index in [9.17, 15) is 20.7 Å². The van der Waals surface area contributed by atoms with Crippen molar-refractivity contribution in [1.29, 1.82) is 0 Å². The molecule has 1 N–H and O–H groups in total. The Morgan fingerprint density at radius 1 is 0.944 bits per heavy atom. The molecule has 0 atom stereocenters. The lowest BCUT2D eigenvalue weighted by Crippen LogP contribution is -2.27. The summed E-state index contributed by atoms with van der Waals surface area (Å²) in [6.07, 6.45) is 0. The predicted octanol–water partition coefficient (Wildman–Crippen LogP) is 1.82. The van der Waals surface area contributed by atoms with Crippen molar-refractivity contribution in [3.8, 4) is 0 Å². The molecule has 1 aromatic rings. The zero-order valence-corrected chi connectivity index (χ0v) is 12.2. The number of hydrogen-bond donors (Lipinski definition) is 1. The number of benzene rings is 1. The third-order valence-electron chi connectivity index (χ3n) is 1.71. The van der Waals surface area contributed by atoms with E-state index in [1.807, 2.05) is 13.8 Å². The summed E-state index contributed by atoms with van der Waals surface area (Å²) in [4.78, 5) is -0.286. The Bertz CT molecular complexity index is 589. The molecular weight excluding hydrogens is 281 g/mol. The summed E-state index contributed by atoms with van der Waals surface area (Å²) in [6, 6.07) is 4.21. The number of nitrogens with one attached hydrogen (secondary N) is 1. The summed E-state index contributed by atoms with van der Waals surface area (Å²) in [5.74, 6) is 0. The van der Waals surface area contributed by atoms with E-state index in [1.165, 1.54) is 12.1 Å². The Hall–Kier alpha value is -0.990. The molecule has 1 aromatic carbocycles. The highest BCUT2D eigenvalue weighted by atomic mass is 32.3. The third-order valence-corrected chi connectivity index (χ3v) is 4.25. The highest BCUT2D eigenvalue weighted by molar-refractivity contribution is 8.02. The molecule has 0 unspecified atom stereocenters. The normalized spacial score (nSPS) is 11.6. The molecule has 0 aromatic heterocycles. The number of sulfonamides is 1. The highest BCUT2D eigenvalue weighted by Crippen LogP contribution is 2.14. The molecule has 0 heterocycles. The smallest absolute Gasteiger partial charge is 0.206 e. The van der Waals surface area contributed by atoms with Gasteiger partial charge >= 0.3 is 10.4 Å². The van der Waals surface area contributed by atoms with Crippen LogP contribution in [0.3, 0.4) is 0 Å². The lowest BCUT2D eigenvalue weighted by Gasteiger charge is -2.05. The molecule has 5 nitrogen and oxygen atoms in total. The fourth-order valence-corrected chi connectivity index (χ4v) is 3.38. The number of hydrogen-bond acceptors (Lipinski definition) is 4. The van der Waals surface area contributed by atoms with Crippen LogP contribution in [0.4, 0.5) is 3.89 Å². The Morgan fingerprint density at radius 3 is 1.67 bits per heavy atom. The standard InChI is InChI=1S/C8H10FNO4S2.C2H6/c1-6-3-7(2)5-8(4-6)15(11,12)10-16(9,13)14;1-2/h3-5,10H,1-2H3;1-2H3. The van der Waals surface area contributed by atoms with Crippen LogP contribution in [-0.2, 0) is 20.4 Å². The molecule has 0 spiro atoms. The SMILES string of the molecule is CC.Cc1cc(C)cc(S(=O)(=O)NS(=O)(=O)F)c1. The quantitative estimate of drug-likeness (QED) is 0.863. The minimum absolute atomic E-state index is 0.286. The van der Waals surface area contributed by atoms with Gasteiger partial charge in [-0.2, -0.15) is 8.42 Å². The first kappa shape index (κ1) is 17.0. The molecule has 1 rings (SSSR count). The lowest BCUT2D eigenvalue weighted by molar-refractivity contribution is 0.542. The van der Waals surface area contributed by atoms with Crippen LogP contribution < -0.4 is 4.13 Å². The van der Waals surface area contributed by atoms with Crippen LogP contribution in [0, 0.1) is 13.8 Å². The number of halogens is 1. The van der Waals surface area contributed by atoms with Gasteiger partial charge in [-0.1, -0.05) is 27.9 Å². The molecular formula is C10H16FNO4S2. The van der Waals surface area contributed by atoms with Gasteiger partial charge in [0.25, 0.3) is 10.0 Å². The van der Waals surface area contributed by atoms with Crippen LogP contribution in [0.2, 0.25) is 0 Å². The van der Waals surface area contributed by atoms with E-state index in [1.54, 1.807) is 19.9 Å². The van der Waals surface area contributed by atoms with Crippen molar-refractivity contribution in [3.63, 3.8) is 0 Å². The average molecular weight is 297 g/mol. The Kier molecular flexibility index (Phi) is 5.91. The van der Waals surface area contributed by atoms with Crippen LogP contribution in [0.5, 0.6) is 0 Å². The van der Waals surface area contributed by atoms with E-state index < -0.39 is 20.4 Å². The Balaban J connectivity index is 0.00000137. The van der Waals surface area contributed by atoms with Crippen molar-refractivity contribution in [1.82, 2.24) is 4.13 Å². The van der Waals surface area contributed by atoms with E-state index in [4.69, 9.17) is 0 Å². The molecule has 8 heteroatoms. The van der Waals surface area contributed by atoms with Gasteiger partial charge in [0, 0.05) is 0 Å². The van der Waals surface area contributed by atoms with E-state index in [0.717, 1.165) is 4.13 Å². The van der Waals surface area contributed by atoms with Crippen LogP contribution in [0.25, 0.3) is 0 Å². The minimum atomic E-state index is -5.29. The van der Waals surface area contributed by atoms with Crippen LogP contribution in [0.15, 0.2) is 23.1 Å². The van der Waals surface area contributed by atoms with Gasteiger partial charge in [0.1, 0.15) is 0 Å². The zero-order chi connectivity index (χ0) is 14.6. The van der Waals surface area contributed by atoms with Gasteiger partial charge < -0.3 is 0 Å². The van der Waals surface area contributed by atoms with Crippen molar-refractivity contribution in [2.45, 2.75) is 32.6 Å². The molecule has 0 saturated carbocycles. The molecule has 0 aliphatic rings. The van der Waals surface area contributed by atoms with E-state index in [-0.39, 0.29) is 4.90 Å². The maximum atomic E-state index is 12.3. The van der Waals surface area contributed by atoms with Gasteiger partial charge in [0.2, 0.25) is 0 Å². The van der Waals surface area contributed by atoms with Crippen LogP contribution in [0.1, 0.15) is 25.0 Å². The third kappa shape index (κ3) is 5.56. The molecule has 0 fully saturated rings. The number of aryl methyl sites for hydroxylation is 2. The van der Waals surface area contributed by atoms with Crippen molar-refractivity contribution < 1.29 is 20.7 Å². The zero-order valence-electron chi connectivity index (χ0n) is 10.6. The molecule has 104 valence electrons. The summed E-state index contributed by atoms with van der Waals surface area (Å²) < 4.78 is 56.5. The van der Waals surface area contributed by atoms with Crippen molar-refractivity contribution >= 4 is 20.4 Å². The van der Waals surface area contributed by atoms with Crippen molar-refractivity contribution in [3.05, 3.63) is 29.3 Å². The van der Waals surface area contributed by atoms with Gasteiger partial charge in [0.05, 0.1) is 4.90 Å². The van der Waals surface area contributed by atoms with Gasteiger partial charge in [0.15, 0.2) is 0 Å². The maximum Gasteiger partial charge on any atom is 0.385 e. The van der Waals surface area contributed by atoms with Gasteiger partial charge in [-0.25, -0.2) is 8.42 Å². The van der Waals surface area contributed by atoms with Crippen LogP contribution >= 0.6 is 0 Å². The second-order valence-electron chi connectivity index (χ2n) is 3.35.